The third kappa shape index (κ3) is 4.26. The Labute approximate surface area is 124 Å². The fraction of sp³-hybridized carbons (Fsp3) is 0.500. The SMILES string of the molecule is CC(NS(=O)(=O)c1ccc(CC(=O)O)cc1)C1CCCO1. The van der Waals surface area contributed by atoms with Crippen LogP contribution in [-0.4, -0.2) is 38.2 Å². The maximum atomic E-state index is 12.2. The van der Waals surface area contributed by atoms with E-state index in [1.54, 1.807) is 6.92 Å². The molecule has 116 valence electrons. The van der Waals surface area contributed by atoms with Crippen molar-refractivity contribution in [2.75, 3.05) is 6.61 Å². The van der Waals surface area contributed by atoms with E-state index >= 15 is 0 Å². The van der Waals surface area contributed by atoms with Gasteiger partial charge in [-0.05, 0) is 37.5 Å². The van der Waals surface area contributed by atoms with Gasteiger partial charge in [0, 0.05) is 12.6 Å². The highest BCUT2D eigenvalue weighted by atomic mass is 32.2. The number of carboxylic acids is 1. The van der Waals surface area contributed by atoms with Gasteiger partial charge in [-0.1, -0.05) is 12.1 Å². The van der Waals surface area contributed by atoms with E-state index in [1.807, 2.05) is 0 Å². The normalized spacial score (nSPS) is 20.3. The summed E-state index contributed by atoms with van der Waals surface area (Å²) < 4.78 is 32.6. The smallest absolute Gasteiger partial charge is 0.307 e. The van der Waals surface area contributed by atoms with Crippen molar-refractivity contribution in [2.45, 2.75) is 43.2 Å². The van der Waals surface area contributed by atoms with Gasteiger partial charge in [0.1, 0.15) is 0 Å². The van der Waals surface area contributed by atoms with Gasteiger partial charge in [-0.15, -0.1) is 0 Å². The topological polar surface area (TPSA) is 92.7 Å². The largest absolute Gasteiger partial charge is 0.481 e. The number of carbonyl (C=O) groups is 1. The molecule has 0 radical (unpaired) electrons. The molecular weight excluding hydrogens is 294 g/mol. The fourth-order valence-electron chi connectivity index (χ4n) is 2.35. The van der Waals surface area contributed by atoms with E-state index in [4.69, 9.17) is 9.84 Å². The van der Waals surface area contributed by atoms with Crippen LogP contribution in [0.1, 0.15) is 25.3 Å². The summed E-state index contributed by atoms with van der Waals surface area (Å²) in [7, 11) is -3.62. The summed E-state index contributed by atoms with van der Waals surface area (Å²) in [6, 6.07) is 5.57. The molecule has 1 fully saturated rings. The molecule has 0 aliphatic carbocycles. The van der Waals surface area contributed by atoms with Crippen LogP contribution in [0.4, 0.5) is 0 Å². The number of aliphatic carboxylic acids is 1. The van der Waals surface area contributed by atoms with Crippen molar-refractivity contribution in [1.82, 2.24) is 4.72 Å². The molecule has 1 aliphatic rings. The highest BCUT2D eigenvalue weighted by molar-refractivity contribution is 7.89. The average Bonchev–Trinajstić information content (AvgIpc) is 2.92. The van der Waals surface area contributed by atoms with Gasteiger partial charge in [0.2, 0.25) is 10.0 Å². The van der Waals surface area contributed by atoms with Crippen molar-refractivity contribution in [1.29, 1.82) is 0 Å². The molecule has 1 saturated heterocycles. The summed E-state index contributed by atoms with van der Waals surface area (Å²) in [6.07, 6.45) is 1.58. The quantitative estimate of drug-likeness (QED) is 0.822. The lowest BCUT2D eigenvalue weighted by molar-refractivity contribution is -0.136. The lowest BCUT2D eigenvalue weighted by Gasteiger charge is -2.20. The predicted octanol–water partition coefficient (Wildman–Crippen LogP) is 1.16. The summed E-state index contributed by atoms with van der Waals surface area (Å²) >= 11 is 0. The van der Waals surface area contributed by atoms with Crippen LogP contribution in [0, 0.1) is 0 Å². The third-order valence-corrected chi connectivity index (χ3v) is 5.03. The molecule has 7 heteroatoms. The van der Waals surface area contributed by atoms with Gasteiger partial charge in [-0.25, -0.2) is 13.1 Å². The zero-order valence-corrected chi connectivity index (χ0v) is 12.6. The summed E-state index contributed by atoms with van der Waals surface area (Å²) in [5, 5.41) is 8.69. The zero-order chi connectivity index (χ0) is 15.5. The van der Waals surface area contributed by atoms with Gasteiger partial charge in [-0.2, -0.15) is 0 Å². The van der Waals surface area contributed by atoms with Gasteiger partial charge in [0.15, 0.2) is 0 Å². The maximum absolute atomic E-state index is 12.2. The molecule has 6 nitrogen and oxygen atoms in total. The van der Waals surface area contributed by atoms with E-state index in [1.165, 1.54) is 24.3 Å². The Kier molecular flexibility index (Phi) is 4.97. The van der Waals surface area contributed by atoms with Crippen molar-refractivity contribution >= 4 is 16.0 Å². The van der Waals surface area contributed by atoms with Gasteiger partial charge < -0.3 is 9.84 Å². The molecule has 1 heterocycles. The Bertz CT molecular complexity index is 590. The number of ether oxygens (including phenoxy) is 1. The monoisotopic (exact) mass is 313 g/mol. The first-order valence-corrected chi connectivity index (χ1v) is 8.31. The minimum atomic E-state index is -3.62. The fourth-order valence-corrected chi connectivity index (χ4v) is 3.62. The molecule has 2 unspecified atom stereocenters. The van der Waals surface area contributed by atoms with Crippen molar-refractivity contribution in [3.8, 4) is 0 Å². The van der Waals surface area contributed by atoms with E-state index in [0.29, 0.717) is 12.2 Å². The standard InChI is InChI=1S/C14H19NO5S/c1-10(13-3-2-8-20-13)15-21(18,19)12-6-4-11(5-7-12)9-14(16)17/h4-7,10,13,15H,2-3,8-9H2,1H3,(H,16,17). The number of nitrogens with one attached hydrogen (secondary N) is 1. The van der Waals surface area contributed by atoms with Gasteiger partial charge >= 0.3 is 5.97 Å². The van der Waals surface area contributed by atoms with E-state index in [-0.39, 0.29) is 23.5 Å². The van der Waals surface area contributed by atoms with E-state index in [2.05, 4.69) is 4.72 Å². The van der Waals surface area contributed by atoms with E-state index < -0.39 is 16.0 Å². The molecule has 0 spiro atoms. The lowest BCUT2D eigenvalue weighted by Crippen LogP contribution is -2.40. The first-order chi connectivity index (χ1) is 9.88. The average molecular weight is 313 g/mol. The van der Waals surface area contributed by atoms with Gasteiger partial charge in [-0.3, -0.25) is 4.79 Å². The summed E-state index contributed by atoms with van der Waals surface area (Å²) in [5.74, 6) is -0.948. The highest BCUT2D eigenvalue weighted by Crippen LogP contribution is 2.18. The van der Waals surface area contributed by atoms with E-state index in [0.717, 1.165) is 12.8 Å². The number of carboxylic acid groups (broad SMARTS) is 1. The molecule has 21 heavy (non-hydrogen) atoms. The van der Waals surface area contributed by atoms with Crippen LogP contribution >= 0.6 is 0 Å². The number of sulfonamides is 1. The first-order valence-electron chi connectivity index (χ1n) is 6.83. The molecular formula is C14H19NO5S. The van der Waals surface area contributed by atoms with Gasteiger partial charge in [0.25, 0.3) is 0 Å². The van der Waals surface area contributed by atoms with Crippen LogP contribution in [0.3, 0.4) is 0 Å². The molecule has 1 aliphatic heterocycles. The minimum absolute atomic E-state index is 0.0916. The van der Waals surface area contributed by atoms with Crippen molar-refractivity contribution in [3.05, 3.63) is 29.8 Å². The molecule has 0 amide bonds. The van der Waals surface area contributed by atoms with Crippen LogP contribution in [0.15, 0.2) is 29.2 Å². The number of rotatable bonds is 6. The second-order valence-corrected chi connectivity index (χ2v) is 6.89. The first kappa shape index (κ1) is 15.9. The van der Waals surface area contributed by atoms with Crippen molar-refractivity contribution in [3.63, 3.8) is 0 Å². The van der Waals surface area contributed by atoms with Crippen LogP contribution in [0.25, 0.3) is 0 Å². The maximum Gasteiger partial charge on any atom is 0.307 e. The molecule has 2 atom stereocenters. The molecule has 2 N–H and O–H groups in total. The molecule has 1 aromatic carbocycles. The zero-order valence-electron chi connectivity index (χ0n) is 11.8. The summed E-state index contributed by atoms with van der Waals surface area (Å²) in [5.41, 5.74) is 0.564. The minimum Gasteiger partial charge on any atom is -0.481 e. The van der Waals surface area contributed by atoms with Crippen LogP contribution in [-0.2, 0) is 26.0 Å². The predicted molar refractivity (Wildman–Crippen MR) is 76.5 cm³/mol. The Morgan fingerprint density at radius 1 is 1.43 bits per heavy atom. The van der Waals surface area contributed by atoms with Crippen LogP contribution in [0.2, 0.25) is 0 Å². The Balaban J connectivity index is 2.06. The Morgan fingerprint density at radius 3 is 2.62 bits per heavy atom. The number of benzene rings is 1. The summed E-state index contributed by atoms with van der Waals surface area (Å²) in [4.78, 5) is 10.7. The number of hydrogen-bond acceptors (Lipinski definition) is 4. The van der Waals surface area contributed by atoms with Crippen LogP contribution < -0.4 is 4.72 Å². The van der Waals surface area contributed by atoms with Crippen molar-refractivity contribution < 1.29 is 23.1 Å². The second-order valence-electron chi connectivity index (χ2n) is 5.18. The molecule has 0 bridgehead atoms. The van der Waals surface area contributed by atoms with Crippen molar-refractivity contribution in [2.24, 2.45) is 0 Å². The van der Waals surface area contributed by atoms with E-state index in [9.17, 15) is 13.2 Å². The lowest BCUT2D eigenvalue weighted by atomic mass is 10.1. The molecule has 0 saturated carbocycles. The number of hydrogen-bond donors (Lipinski definition) is 2. The summed E-state index contributed by atoms with van der Waals surface area (Å²) in [6.45, 7) is 2.45. The Morgan fingerprint density at radius 2 is 2.10 bits per heavy atom. The second kappa shape index (κ2) is 6.55. The molecule has 1 aromatic rings. The molecule has 2 rings (SSSR count). The third-order valence-electron chi connectivity index (χ3n) is 3.45. The van der Waals surface area contributed by atoms with Crippen LogP contribution in [0.5, 0.6) is 0 Å². The van der Waals surface area contributed by atoms with Gasteiger partial charge in [0.05, 0.1) is 17.4 Å². The highest BCUT2D eigenvalue weighted by Gasteiger charge is 2.26. The Hall–Kier alpha value is -1.44. The molecule has 0 aromatic heterocycles.